The van der Waals surface area contributed by atoms with E-state index >= 15 is 0 Å². The molecule has 0 amide bonds. The van der Waals surface area contributed by atoms with Crippen molar-refractivity contribution in [2.24, 2.45) is 0 Å². The largest absolute Gasteiger partial charge is 0.463 e. The number of hydrogen-bond donors (Lipinski definition) is 1. The minimum absolute atomic E-state index is 0.186. The molecule has 2 bridgehead atoms. The van der Waals surface area contributed by atoms with Crippen molar-refractivity contribution in [3.63, 3.8) is 0 Å². The van der Waals surface area contributed by atoms with Crippen LogP contribution in [0.5, 0.6) is 6.01 Å². The predicted octanol–water partition coefficient (Wildman–Crippen LogP) is 2.24. The molecule has 1 aromatic carbocycles. The van der Waals surface area contributed by atoms with Gasteiger partial charge in [0.2, 0.25) is 0 Å². The number of ether oxygens (including phenoxy) is 1. The third kappa shape index (κ3) is 3.45. The highest BCUT2D eigenvalue weighted by Crippen LogP contribution is 2.33. The standard InChI is InChI=1S/C22H28N6O2/c1-3-4-9-30-21-23-11-19-20(25-21)28(22(29)24-19)12-15-5-7-16(8-6-15)27-14-17-10-18(27)13-26(17)2/h5-8,11,17-18H,3-4,9-10,12-14H2,1-2H3,(H,24,29). The number of nitrogens with one attached hydrogen (secondary N) is 1. The molecule has 2 aliphatic rings. The summed E-state index contributed by atoms with van der Waals surface area (Å²) in [5.41, 5.74) is 3.34. The number of likely N-dealkylation sites (N-methyl/N-ethyl adjacent to an activating group) is 1. The highest BCUT2D eigenvalue weighted by molar-refractivity contribution is 5.69. The van der Waals surface area contributed by atoms with Crippen LogP contribution in [0.25, 0.3) is 11.2 Å². The van der Waals surface area contributed by atoms with Crippen molar-refractivity contribution in [2.75, 3.05) is 31.6 Å². The average Bonchev–Trinajstić information content (AvgIpc) is 3.41. The smallest absolute Gasteiger partial charge is 0.328 e. The lowest BCUT2D eigenvalue weighted by Crippen LogP contribution is -2.44. The van der Waals surface area contributed by atoms with Gasteiger partial charge in [-0.3, -0.25) is 9.47 Å². The molecular weight excluding hydrogens is 380 g/mol. The molecule has 2 fully saturated rings. The molecular formula is C22H28N6O2. The topological polar surface area (TPSA) is 79.3 Å². The van der Waals surface area contributed by atoms with Crippen molar-refractivity contribution in [3.8, 4) is 6.01 Å². The maximum Gasteiger partial charge on any atom is 0.328 e. The number of hydrogen-bond acceptors (Lipinski definition) is 6. The van der Waals surface area contributed by atoms with E-state index in [9.17, 15) is 4.79 Å². The van der Waals surface area contributed by atoms with Crippen molar-refractivity contribution in [1.29, 1.82) is 0 Å². The molecule has 2 saturated heterocycles. The lowest BCUT2D eigenvalue weighted by atomic mass is 10.1. The number of aromatic amines is 1. The summed E-state index contributed by atoms with van der Waals surface area (Å²) in [5, 5.41) is 0. The van der Waals surface area contributed by atoms with Crippen molar-refractivity contribution < 1.29 is 4.74 Å². The second kappa shape index (κ2) is 7.75. The first-order valence-electron chi connectivity index (χ1n) is 10.8. The molecule has 4 heterocycles. The Labute approximate surface area is 175 Å². The first kappa shape index (κ1) is 19.1. The fraction of sp³-hybridized carbons (Fsp3) is 0.500. The summed E-state index contributed by atoms with van der Waals surface area (Å²) < 4.78 is 7.26. The number of aromatic nitrogens is 4. The molecule has 0 radical (unpaired) electrons. The molecule has 2 aromatic heterocycles. The number of benzene rings is 1. The van der Waals surface area contributed by atoms with E-state index in [-0.39, 0.29) is 5.69 Å². The Morgan fingerprint density at radius 1 is 1.20 bits per heavy atom. The number of imidazole rings is 1. The lowest BCUT2D eigenvalue weighted by Gasteiger charge is -2.33. The third-order valence-corrected chi connectivity index (χ3v) is 6.34. The van der Waals surface area contributed by atoms with Crippen LogP contribution in [0.4, 0.5) is 5.69 Å². The number of fused-ring (bicyclic) bond motifs is 3. The molecule has 3 aromatic rings. The van der Waals surface area contributed by atoms with Gasteiger partial charge < -0.3 is 14.6 Å². The third-order valence-electron chi connectivity index (χ3n) is 6.34. The van der Waals surface area contributed by atoms with Crippen molar-refractivity contribution >= 4 is 16.9 Å². The first-order chi connectivity index (χ1) is 14.6. The molecule has 0 aliphatic carbocycles. The molecule has 30 heavy (non-hydrogen) atoms. The number of unbranched alkanes of at least 4 members (excludes halogenated alkanes) is 1. The number of piperazine rings is 1. The summed E-state index contributed by atoms with van der Waals surface area (Å²) in [4.78, 5) is 29.0. The average molecular weight is 409 g/mol. The molecule has 2 atom stereocenters. The van der Waals surface area contributed by atoms with E-state index < -0.39 is 0 Å². The number of anilines is 1. The highest BCUT2D eigenvalue weighted by Gasteiger charge is 2.41. The molecule has 5 rings (SSSR count). The van der Waals surface area contributed by atoms with Crippen molar-refractivity contribution in [3.05, 3.63) is 46.5 Å². The van der Waals surface area contributed by atoms with E-state index in [1.807, 2.05) is 0 Å². The van der Waals surface area contributed by atoms with Gasteiger partial charge in [-0.05, 0) is 37.6 Å². The van der Waals surface area contributed by atoms with Gasteiger partial charge in [0, 0.05) is 30.9 Å². The van der Waals surface area contributed by atoms with Crippen LogP contribution in [-0.2, 0) is 6.54 Å². The van der Waals surface area contributed by atoms with E-state index in [1.165, 1.54) is 12.1 Å². The minimum atomic E-state index is -0.186. The predicted molar refractivity (Wildman–Crippen MR) is 116 cm³/mol. The zero-order valence-corrected chi connectivity index (χ0v) is 17.5. The van der Waals surface area contributed by atoms with Gasteiger partial charge in [0.15, 0.2) is 5.65 Å². The summed E-state index contributed by atoms with van der Waals surface area (Å²) in [6.07, 6.45) is 4.86. The summed E-state index contributed by atoms with van der Waals surface area (Å²) in [5.74, 6) is 0. The van der Waals surface area contributed by atoms with Crippen molar-refractivity contribution in [1.82, 2.24) is 24.4 Å². The fourth-order valence-corrected chi connectivity index (χ4v) is 4.61. The summed E-state index contributed by atoms with van der Waals surface area (Å²) in [6.45, 7) is 5.38. The number of nitrogens with zero attached hydrogens (tertiary/aromatic N) is 5. The Morgan fingerprint density at radius 2 is 2.03 bits per heavy atom. The molecule has 2 unspecified atom stereocenters. The van der Waals surface area contributed by atoms with Crippen LogP contribution in [0.1, 0.15) is 31.7 Å². The van der Waals surface area contributed by atoms with E-state index in [0.717, 1.165) is 31.5 Å². The first-order valence-corrected chi connectivity index (χ1v) is 10.8. The zero-order valence-electron chi connectivity index (χ0n) is 17.5. The Balaban J connectivity index is 1.34. The van der Waals surface area contributed by atoms with Gasteiger partial charge in [-0.25, -0.2) is 9.78 Å². The number of likely N-dealkylation sites (tertiary alicyclic amines) is 1. The van der Waals surface area contributed by atoms with Gasteiger partial charge in [-0.1, -0.05) is 25.5 Å². The zero-order chi connectivity index (χ0) is 20.7. The Bertz CT molecular complexity index is 1090. The van der Waals surface area contributed by atoms with E-state index in [1.54, 1.807) is 10.8 Å². The van der Waals surface area contributed by atoms with E-state index in [4.69, 9.17) is 4.74 Å². The molecule has 0 saturated carbocycles. The number of H-pyrrole nitrogens is 1. The second-order valence-electron chi connectivity index (χ2n) is 8.41. The van der Waals surface area contributed by atoms with E-state index in [0.29, 0.717) is 42.4 Å². The molecule has 8 nitrogen and oxygen atoms in total. The number of rotatable bonds is 7. The monoisotopic (exact) mass is 408 g/mol. The van der Waals surface area contributed by atoms with Gasteiger partial charge in [-0.2, -0.15) is 4.98 Å². The van der Waals surface area contributed by atoms with Gasteiger partial charge in [0.1, 0.15) is 5.52 Å². The maximum atomic E-state index is 12.5. The van der Waals surface area contributed by atoms with Crippen LogP contribution in [0.3, 0.4) is 0 Å². The van der Waals surface area contributed by atoms with Gasteiger partial charge in [0.25, 0.3) is 0 Å². The summed E-state index contributed by atoms with van der Waals surface area (Å²) in [7, 11) is 2.22. The van der Waals surface area contributed by atoms with Crippen LogP contribution < -0.4 is 15.3 Å². The lowest BCUT2D eigenvalue weighted by molar-refractivity contribution is 0.286. The normalized spacial score (nSPS) is 21.1. The fourth-order valence-electron chi connectivity index (χ4n) is 4.61. The van der Waals surface area contributed by atoms with Gasteiger partial charge in [0.05, 0.1) is 19.3 Å². The van der Waals surface area contributed by atoms with Gasteiger partial charge in [-0.15, -0.1) is 0 Å². The molecule has 8 heteroatoms. The summed E-state index contributed by atoms with van der Waals surface area (Å²) >= 11 is 0. The minimum Gasteiger partial charge on any atom is -0.463 e. The summed E-state index contributed by atoms with van der Waals surface area (Å²) in [6, 6.07) is 10.2. The maximum absolute atomic E-state index is 12.5. The molecule has 2 aliphatic heterocycles. The Kier molecular flexibility index (Phi) is 4.94. The van der Waals surface area contributed by atoms with Crippen LogP contribution in [0.15, 0.2) is 35.3 Å². The second-order valence-corrected chi connectivity index (χ2v) is 8.41. The Morgan fingerprint density at radius 3 is 2.73 bits per heavy atom. The van der Waals surface area contributed by atoms with Crippen LogP contribution >= 0.6 is 0 Å². The highest BCUT2D eigenvalue weighted by atomic mass is 16.5. The van der Waals surface area contributed by atoms with E-state index in [2.05, 4.69) is 63.0 Å². The van der Waals surface area contributed by atoms with Crippen LogP contribution in [0.2, 0.25) is 0 Å². The molecule has 158 valence electrons. The quantitative estimate of drug-likeness (QED) is 0.604. The molecule has 1 N–H and O–H groups in total. The molecule has 0 spiro atoms. The van der Waals surface area contributed by atoms with Gasteiger partial charge >= 0.3 is 11.7 Å². The van der Waals surface area contributed by atoms with Crippen LogP contribution in [0, 0.1) is 0 Å². The van der Waals surface area contributed by atoms with Crippen molar-refractivity contribution in [2.45, 2.75) is 44.8 Å². The Hall–Kier alpha value is -2.87. The SMILES string of the molecule is CCCCOc1ncc2[nH]c(=O)n(Cc3ccc(N4CC5CC4CN5C)cc3)c2n1. The van der Waals surface area contributed by atoms with Crippen LogP contribution in [-0.4, -0.2) is 63.2 Å².